The normalized spacial score (nSPS) is 21.3. The fourth-order valence-electron chi connectivity index (χ4n) is 1.81. The highest BCUT2D eigenvalue weighted by atomic mass is 32.2. The first-order chi connectivity index (χ1) is 7.47. The predicted octanol–water partition coefficient (Wildman–Crippen LogP) is 2.64. The number of aromatic amines is 1. The third-order valence-corrected chi connectivity index (χ3v) is 4.15. The quantitative estimate of drug-likeness (QED) is 0.818. The van der Waals surface area contributed by atoms with Crippen LogP contribution in [0.1, 0.15) is 50.4 Å². The molecule has 1 atom stereocenters. The van der Waals surface area contributed by atoms with E-state index in [2.05, 4.69) is 30.7 Å². The summed E-state index contributed by atoms with van der Waals surface area (Å²) in [7, 11) is 0. The second-order valence-corrected chi connectivity index (χ2v) is 6.58. The Morgan fingerprint density at radius 1 is 1.50 bits per heavy atom. The van der Waals surface area contributed by atoms with Crippen LogP contribution in [-0.2, 0) is 5.41 Å². The molecule has 1 aromatic heterocycles. The lowest BCUT2D eigenvalue weighted by molar-refractivity contribution is 0.558. The highest BCUT2D eigenvalue weighted by Gasteiger charge is 2.23. The molecular weight excluding hydrogens is 220 g/mol. The lowest BCUT2D eigenvalue weighted by atomic mass is 9.92. The van der Waals surface area contributed by atoms with Crippen LogP contribution in [-0.4, -0.2) is 15.7 Å². The molecule has 1 aliphatic heterocycles. The highest BCUT2D eigenvalue weighted by Crippen LogP contribution is 2.38. The molecule has 0 saturated carbocycles. The Balaban J connectivity index is 2.39. The fourth-order valence-corrected chi connectivity index (χ4v) is 3.03. The minimum Gasteiger partial charge on any atom is -0.310 e. The molecule has 1 aliphatic rings. The maximum absolute atomic E-state index is 11.6. The summed E-state index contributed by atoms with van der Waals surface area (Å²) >= 11 is 1.89. The SMILES string of the molecule is CC(C)(C)c1cc(=O)[nH]c(C2CCCS2)n1. The molecule has 0 spiro atoms. The van der Waals surface area contributed by atoms with Crippen molar-refractivity contribution in [3.8, 4) is 0 Å². The molecule has 0 radical (unpaired) electrons. The lowest BCUT2D eigenvalue weighted by Crippen LogP contribution is -2.21. The van der Waals surface area contributed by atoms with E-state index in [-0.39, 0.29) is 11.0 Å². The van der Waals surface area contributed by atoms with E-state index in [0.717, 1.165) is 17.9 Å². The summed E-state index contributed by atoms with van der Waals surface area (Å²) in [6.07, 6.45) is 2.35. The average Bonchev–Trinajstić information content (AvgIpc) is 2.68. The second kappa shape index (κ2) is 4.24. The molecule has 1 fully saturated rings. The van der Waals surface area contributed by atoms with Gasteiger partial charge in [0, 0.05) is 11.5 Å². The zero-order chi connectivity index (χ0) is 11.8. The summed E-state index contributed by atoms with van der Waals surface area (Å²) in [6.45, 7) is 6.25. The molecule has 1 aromatic rings. The summed E-state index contributed by atoms with van der Waals surface area (Å²) < 4.78 is 0. The Kier molecular flexibility index (Phi) is 3.10. The van der Waals surface area contributed by atoms with E-state index in [9.17, 15) is 4.79 Å². The van der Waals surface area contributed by atoms with Gasteiger partial charge >= 0.3 is 0 Å². The van der Waals surface area contributed by atoms with Crippen molar-refractivity contribution >= 4 is 11.8 Å². The van der Waals surface area contributed by atoms with Gasteiger partial charge in [-0.1, -0.05) is 20.8 Å². The zero-order valence-corrected chi connectivity index (χ0v) is 10.9. The number of nitrogens with one attached hydrogen (secondary N) is 1. The van der Waals surface area contributed by atoms with Gasteiger partial charge in [0.2, 0.25) is 0 Å². The molecule has 2 rings (SSSR count). The van der Waals surface area contributed by atoms with Crippen molar-refractivity contribution in [2.75, 3.05) is 5.75 Å². The Hall–Kier alpha value is -0.770. The van der Waals surface area contributed by atoms with Crippen LogP contribution in [0.15, 0.2) is 10.9 Å². The molecule has 0 bridgehead atoms. The van der Waals surface area contributed by atoms with Crippen molar-refractivity contribution in [2.45, 2.75) is 44.3 Å². The van der Waals surface area contributed by atoms with Crippen LogP contribution >= 0.6 is 11.8 Å². The van der Waals surface area contributed by atoms with Crippen molar-refractivity contribution < 1.29 is 0 Å². The van der Waals surface area contributed by atoms with Crippen molar-refractivity contribution in [3.05, 3.63) is 27.9 Å². The van der Waals surface area contributed by atoms with Crippen molar-refractivity contribution in [2.24, 2.45) is 0 Å². The first-order valence-corrected chi connectivity index (χ1v) is 6.75. The summed E-state index contributed by atoms with van der Waals surface area (Å²) in [5.41, 5.74) is 0.799. The van der Waals surface area contributed by atoms with E-state index in [4.69, 9.17) is 0 Å². The van der Waals surface area contributed by atoms with Crippen molar-refractivity contribution in [3.63, 3.8) is 0 Å². The molecule has 0 aromatic carbocycles. The van der Waals surface area contributed by atoms with E-state index in [1.807, 2.05) is 11.8 Å². The van der Waals surface area contributed by atoms with Crippen LogP contribution in [0.2, 0.25) is 0 Å². The maximum atomic E-state index is 11.6. The van der Waals surface area contributed by atoms with E-state index in [0.29, 0.717) is 5.25 Å². The van der Waals surface area contributed by atoms with Crippen LogP contribution in [0.4, 0.5) is 0 Å². The van der Waals surface area contributed by atoms with E-state index < -0.39 is 0 Å². The first kappa shape index (κ1) is 11.7. The molecule has 1 unspecified atom stereocenters. The number of H-pyrrole nitrogens is 1. The Labute approximate surface area is 100 Å². The second-order valence-electron chi connectivity index (χ2n) is 5.27. The molecular formula is C12H18N2OS. The predicted molar refractivity (Wildman–Crippen MR) is 68.0 cm³/mol. The topological polar surface area (TPSA) is 45.8 Å². The largest absolute Gasteiger partial charge is 0.310 e. The molecule has 1 N–H and O–H groups in total. The highest BCUT2D eigenvalue weighted by molar-refractivity contribution is 7.99. The zero-order valence-electron chi connectivity index (χ0n) is 10.0. The van der Waals surface area contributed by atoms with Gasteiger partial charge in [0.25, 0.3) is 5.56 Å². The van der Waals surface area contributed by atoms with Crippen LogP contribution in [0, 0.1) is 0 Å². The number of aromatic nitrogens is 2. The molecule has 88 valence electrons. The third-order valence-electron chi connectivity index (χ3n) is 2.76. The van der Waals surface area contributed by atoms with E-state index >= 15 is 0 Å². The number of nitrogens with zero attached hydrogens (tertiary/aromatic N) is 1. The van der Waals surface area contributed by atoms with E-state index in [1.165, 1.54) is 12.2 Å². The van der Waals surface area contributed by atoms with Crippen molar-refractivity contribution in [1.82, 2.24) is 9.97 Å². The van der Waals surface area contributed by atoms with Gasteiger partial charge in [-0.2, -0.15) is 11.8 Å². The molecule has 1 saturated heterocycles. The van der Waals surface area contributed by atoms with Gasteiger partial charge in [0.05, 0.1) is 10.9 Å². The van der Waals surface area contributed by atoms with Gasteiger partial charge in [-0.25, -0.2) is 4.98 Å². The van der Waals surface area contributed by atoms with Gasteiger partial charge in [-0.05, 0) is 18.6 Å². The fraction of sp³-hybridized carbons (Fsp3) is 0.667. The first-order valence-electron chi connectivity index (χ1n) is 5.70. The van der Waals surface area contributed by atoms with Crippen molar-refractivity contribution in [1.29, 1.82) is 0 Å². The minimum atomic E-state index is -0.0632. The van der Waals surface area contributed by atoms with E-state index in [1.54, 1.807) is 6.07 Å². The minimum absolute atomic E-state index is 0.0255. The number of thioether (sulfide) groups is 1. The summed E-state index contributed by atoms with van der Waals surface area (Å²) in [4.78, 5) is 19.1. The van der Waals surface area contributed by atoms with Gasteiger partial charge < -0.3 is 4.98 Å². The van der Waals surface area contributed by atoms with Crippen LogP contribution < -0.4 is 5.56 Å². The average molecular weight is 238 g/mol. The molecule has 3 nitrogen and oxygen atoms in total. The Bertz CT molecular complexity index is 427. The number of rotatable bonds is 1. The van der Waals surface area contributed by atoms with Gasteiger partial charge in [-0.15, -0.1) is 0 Å². The van der Waals surface area contributed by atoms with Crippen LogP contribution in [0.25, 0.3) is 0 Å². The number of hydrogen-bond donors (Lipinski definition) is 1. The summed E-state index contributed by atoms with van der Waals surface area (Å²) in [5.74, 6) is 2.04. The maximum Gasteiger partial charge on any atom is 0.251 e. The molecule has 16 heavy (non-hydrogen) atoms. The number of hydrogen-bond acceptors (Lipinski definition) is 3. The Morgan fingerprint density at radius 3 is 2.81 bits per heavy atom. The molecule has 0 amide bonds. The molecule has 4 heteroatoms. The molecule has 0 aliphatic carbocycles. The standard InChI is InChI=1S/C12H18N2OS/c1-12(2,3)9-7-10(15)14-11(13-9)8-5-4-6-16-8/h7-8H,4-6H2,1-3H3,(H,13,14,15). The smallest absolute Gasteiger partial charge is 0.251 e. The van der Waals surface area contributed by atoms with Gasteiger partial charge in [0.1, 0.15) is 5.82 Å². The van der Waals surface area contributed by atoms with Gasteiger partial charge in [-0.3, -0.25) is 4.79 Å². The monoisotopic (exact) mass is 238 g/mol. The van der Waals surface area contributed by atoms with Crippen LogP contribution in [0.5, 0.6) is 0 Å². The van der Waals surface area contributed by atoms with Gasteiger partial charge in [0.15, 0.2) is 0 Å². The summed E-state index contributed by atoms with van der Waals surface area (Å²) in [5, 5.41) is 0.384. The lowest BCUT2D eigenvalue weighted by Gasteiger charge is -2.19. The third kappa shape index (κ3) is 2.48. The van der Waals surface area contributed by atoms with Crippen LogP contribution in [0.3, 0.4) is 0 Å². The Morgan fingerprint density at radius 2 is 2.25 bits per heavy atom. The summed E-state index contributed by atoms with van der Waals surface area (Å²) in [6, 6.07) is 1.61. The molecule has 2 heterocycles.